The molecule has 148 valence electrons. The van der Waals surface area contributed by atoms with Gasteiger partial charge in [0.25, 0.3) is 11.6 Å². The Hall–Kier alpha value is -3.26. The summed E-state index contributed by atoms with van der Waals surface area (Å²) >= 11 is 1.18. The first-order valence-electron chi connectivity index (χ1n) is 9.15. The molecule has 0 unspecified atom stereocenters. The van der Waals surface area contributed by atoms with Crippen molar-refractivity contribution in [3.63, 3.8) is 0 Å². The number of fused-ring (bicyclic) bond motifs is 2. The number of thiophene rings is 1. The molecule has 8 heteroatoms. The largest absolute Gasteiger partial charge is 0.448 e. The molecule has 1 aliphatic rings. The van der Waals surface area contributed by atoms with Gasteiger partial charge in [0.05, 0.1) is 4.92 Å². The summed E-state index contributed by atoms with van der Waals surface area (Å²) < 4.78 is 6.17. The topological polar surface area (TPSA) is 89.7 Å². The van der Waals surface area contributed by atoms with Crippen LogP contribution >= 0.6 is 11.3 Å². The van der Waals surface area contributed by atoms with Crippen LogP contribution in [0.1, 0.15) is 29.1 Å². The first-order chi connectivity index (χ1) is 13.8. The summed E-state index contributed by atoms with van der Waals surface area (Å²) in [5, 5.41) is 11.5. The van der Waals surface area contributed by atoms with Crippen LogP contribution in [0.5, 0.6) is 0 Å². The Balaban J connectivity index is 1.51. The van der Waals surface area contributed by atoms with Crippen molar-refractivity contribution in [3.05, 3.63) is 69.1 Å². The third kappa shape index (κ3) is 3.47. The van der Waals surface area contributed by atoms with Crippen molar-refractivity contribution >= 4 is 44.7 Å². The highest BCUT2D eigenvalue weighted by Gasteiger charge is 2.34. The third-order valence-corrected chi connectivity index (χ3v) is 6.08. The summed E-state index contributed by atoms with van der Waals surface area (Å²) in [6.45, 7) is 3.53. The number of anilines is 1. The first-order valence-corrected chi connectivity index (χ1v) is 9.96. The molecule has 2 aromatic carbocycles. The van der Waals surface area contributed by atoms with Gasteiger partial charge >= 0.3 is 5.97 Å². The fourth-order valence-corrected chi connectivity index (χ4v) is 4.54. The zero-order chi connectivity index (χ0) is 20.7. The molecule has 0 aliphatic carbocycles. The van der Waals surface area contributed by atoms with Gasteiger partial charge in [0.1, 0.15) is 4.88 Å². The average molecular weight is 410 g/mol. The van der Waals surface area contributed by atoms with Crippen LogP contribution in [0.3, 0.4) is 0 Å². The zero-order valence-electron chi connectivity index (χ0n) is 15.8. The number of benzene rings is 2. The smallest absolute Gasteiger partial charge is 0.349 e. The van der Waals surface area contributed by atoms with Gasteiger partial charge in [-0.2, -0.15) is 0 Å². The van der Waals surface area contributed by atoms with E-state index in [9.17, 15) is 19.7 Å². The van der Waals surface area contributed by atoms with Gasteiger partial charge in [-0.1, -0.05) is 18.2 Å². The molecule has 3 aromatic rings. The maximum absolute atomic E-state index is 13.0. The van der Waals surface area contributed by atoms with Gasteiger partial charge < -0.3 is 9.64 Å². The maximum atomic E-state index is 13.0. The first kappa shape index (κ1) is 19.1. The van der Waals surface area contributed by atoms with Crippen LogP contribution in [-0.4, -0.2) is 28.9 Å². The minimum absolute atomic E-state index is 0.00840. The number of hydrogen-bond acceptors (Lipinski definition) is 6. The van der Waals surface area contributed by atoms with Crippen molar-refractivity contribution in [2.24, 2.45) is 0 Å². The van der Waals surface area contributed by atoms with Crippen LogP contribution in [0.15, 0.2) is 48.5 Å². The lowest BCUT2D eigenvalue weighted by Crippen LogP contribution is -2.43. The Morgan fingerprint density at radius 3 is 2.76 bits per heavy atom. The molecule has 1 aliphatic heterocycles. The fraction of sp³-hybridized carbons (Fsp3) is 0.238. The predicted molar refractivity (Wildman–Crippen MR) is 110 cm³/mol. The fourth-order valence-electron chi connectivity index (χ4n) is 3.61. The van der Waals surface area contributed by atoms with Crippen molar-refractivity contribution < 1.29 is 19.2 Å². The number of carbonyl (C=O) groups excluding carboxylic acids is 2. The Kier molecular flexibility index (Phi) is 4.79. The number of rotatable bonds is 4. The Morgan fingerprint density at radius 1 is 1.24 bits per heavy atom. The van der Waals surface area contributed by atoms with Gasteiger partial charge in [-0.25, -0.2) is 4.79 Å². The number of nitrogens with zero attached hydrogens (tertiary/aromatic N) is 2. The summed E-state index contributed by atoms with van der Waals surface area (Å²) in [6, 6.07) is 13.7. The molecular formula is C21H18N2O5S. The van der Waals surface area contributed by atoms with E-state index in [2.05, 4.69) is 0 Å². The van der Waals surface area contributed by atoms with E-state index in [4.69, 9.17) is 4.74 Å². The molecule has 0 radical (unpaired) electrons. The molecule has 1 aromatic heterocycles. The minimum atomic E-state index is -0.948. The van der Waals surface area contributed by atoms with Gasteiger partial charge in [-0.15, -0.1) is 11.3 Å². The lowest BCUT2D eigenvalue weighted by Gasteiger charge is -2.25. The van der Waals surface area contributed by atoms with E-state index in [1.807, 2.05) is 31.2 Å². The molecule has 0 saturated heterocycles. The van der Waals surface area contributed by atoms with Gasteiger partial charge in [-0.05, 0) is 44.0 Å². The summed E-state index contributed by atoms with van der Waals surface area (Å²) in [5.41, 5.74) is 1.90. The second-order valence-electron chi connectivity index (χ2n) is 7.03. The SMILES string of the molecule is C[C@H](OC(=O)c1cc2cc([N+](=O)[O-])ccc2s1)C(=O)N1c2ccccc2C[C@H]1C. The number of nitro benzene ring substituents is 1. The second kappa shape index (κ2) is 7.29. The van der Waals surface area contributed by atoms with Crippen molar-refractivity contribution in [3.8, 4) is 0 Å². The van der Waals surface area contributed by atoms with Gasteiger partial charge in [0.15, 0.2) is 6.10 Å². The maximum Gasteiger partial charge on any atom is 0.349 e. The summed E-state index contributed by atoms with van der Waals surface area (Å²) in [6.07, 6.45) is -0.187. The van der Waals surface area contributed by atoms with E-state index in [1.165, 1.54) is 23.5 Å². The molecule has 0 bridgehead atoms. The number of carbonyl (C=O) groups is 2. The molecule has 0 fully saturated rings. The lowest BCUT2D eigenvalue weighted by atomic mass is 10.1. The molecule has 2 atom stereocenters. The third-order valence-electron chi connectivity index (χ3n) is 4.99. The number of amides is 1. The van der Waals surface area contributed by atoms with E-state index < -0.39 is 17.0 Å². The van der Waals surface area contributed by atoms with E-state index in [1.54, 1.807) is 24.0 Å². The predicted octanol–water partition coefficient (Wildman–Crippen LogP) is 4.33. The summed E-state index contributed by atoms with van der Waals surface area (Å²) in [7, 11) is 0. The number of non-ortho nitro benzene ring substituents is 1. The minimum Gasteiger partial charge on any atom is -0.448 e. The van der Waals surface area contributed by atoms with E-state index >= 15 is 0 Å². The van der Waals surface area contributed by atoms with E-state index in [0.29, 0.717) is 10.3 Å². The lowest BCUT2D eigenvalue weighted by molar-refractivity contribution is -0.384. The van der Waals surface area contributed by atoms with E-state index in [0.717, 1.165) is 22.4 Å². The Labute approximate surface area is 170 Å². The zero-order valence-corrected chi connectivity index (χ0v) is 16.6. The van der Waals surface area contributed by atoms with Crippen LogP contribution in [0.25, 0.3) is 10.1 Å². The van der Waals surface area contributed by atoms with Crippen LogP contribution in [0, 0.1) is 10.1 Å². The highest BCUT2D eigenvalue weighted by Crippen LogP contribution is 2.33. The monoisotopic (exact) mass is 410 g/mol. The van der Waals surface area contributed by atoms with Crippen LogP contribution < -0.4 is 4.90 Å². The number of nitro groups is 1. The molecule has 29 heavy (non-hydrogen) atoms. The van der Waals surface area contributed by atoms with Gasteiger partial charge in [0.2, 0.25) is 0 Å². The molecule has 4 rings (SSSR count). The second-order valence-corrected chi connectivity index (χ2v) is 8.11. The van der Waals surface area contributed by atoms with Gasteiger partial charge in [-0.3, -0.25) is 14.9 Å². The van der Waals surface area contributed by atoms with Crippen LogP contribution in [0.4, 0.5) is 11.4 Å². The summed E-state index contributed by atoms with van der Waals surface area (Å²) in [4.78, 5) is 38.0. The van der Waals surface area contributed by atoms with Crippen molar-refractivity contribution in [2.75, 3.05) is 4.90 Å². The molecule has 1 amide bonds. The normalized spacial score (nSPS) is 16.5. The molecule has 2 heterocycles. The highest BCUT2D eigenvalue weighted by atomic mass is 32.1. The highest BCUT2D eigenvalue weighted by molar-refractivity contribution is 7.20. The quantitative estimate of drug-likeness (QED) is 0.363. The van der Waals surface area contributed by atoms with Crippen molar-refractivity contribution in [1.29, 1.82) is 0 Å². The average Bonchev–Trinajstić information content (AvgIpc) is 3.26. The standard InChI is InChI=1S/C21H18N2O5S/c1-12-9-14-5-3-4-6-17(14)22(12)20(24)13(2)28-21(25)19-11-15-10-16(23(26)27)7-8-18(15)29-19/h3-8,10-13H,9H2,1-2H3/t12-,13+/m1/s1. The number of hydrogen-bond donors (Lipinski definition) is 0. The molecule has 0 N–H and O–H groups in total. The number of ether oxygens (including phenoxy) is 1. The number of para-hydroxylation sites is 1. The van der Waals surface area contributed by atoms with E-state index in [-0.39, 0.29) is 17.6 Å². The molecule has 0 spiro atoms. The van der Waals surface area contributed by atoms with Crippen molar-refractivity contribution in [1.82, 2.24) is 0 Å². The van der Waals surface area contributed by atoms with Gasteiger partial charge in [0, 0.05) is 33.9 Å². The number of esters is 1. The Morgan fingerprint density at radius 2 is 2.00 bits per heavy atom. The summed E-state index contributed by atoms with van der Waals surface area (Å²) in [5.74, 6) is -0.887. The Bertz CT molecular complexity index is 1140. The van der Waals surface area contributed by atoms with Crippen LogP contribution in [-0.2, 0) is 16.0 Å². The van der Waals surface area contributed by atoms with Crippen LogP contribution in [0.2, 0.25) is 0 Å². The molecule has 7 nitrogen and oxygen atoms in total. The molecule has 0 saturated carbocycles. The van der Waals surface area contributed by atoms with Crippen molar-refractivity contribution in [2.45, 2.75) is 32.4 Å². The molecular weight excluding hydrogens is 392 g/mol.